The summed E-state index contributed by atoms with van der Waals surface area (Å²) in [7, 11) is 0. The summed E-state index contributed by atoms with van der Waals surface area (Å²) in [6.07, 6.45) is -4.75. The van der Waals surface area contributed by atoms with Crippen LogP contribution in [-0.4, -0.2) is 17.1 Å². The number of rotatable bonds is 6. The largest absolute Gasteiger partial charge is 0.397 e. The Hall–Kier alpha value is -3.49. The van der Waals surface area contributed by atoms with E-state index in [9.17, 15) is 26.7 Å². The van der Waals surface area contributed by atoms with Gasteiger partial charge in [0, 0.05) is 11.8 Å². The Morgan fingerprint density at radius 1 is 1.06 bits per heavy atom. The van der Waals surface area contributed by atoms with E-state index in [1.165, 1.54) is 18.3 Å². The topological polar surface area (TPSA) is 54.0 Å². The van der Waals surface area contributed by atoms with Crippen LogP contribution in [0.1, 0.15) is 30.5 Å². The van der Waals surface area contributed by atoms with E-state index in [2.05, 4.69) is 15.6 Å². The fourth-order valence-electron chi connectivity index (χ4n) is 3.16. The molecule has 0 fully saturated rings. The lowest BCUT2D eigenvalue weighted by Gasteiger charge is -2.20. The molecule has 4 nitrogen and oxygen atoms in total. The number of hydrogen-bond donors (Lipinski definition) is 2. The molecule has 0 radical (unpaired) electrons. The Kier molecular flexibility index (Phi) is 6.76. The number of nitrogens with one attached hydrogen (secondary N) is 2. The minimum atomic E-state index is -4.62. The zero-order chi connectivity index (χ0) is 23.5. The van der Waals surface area contributed by atoms with Gasteiger partial charge in [-0.15, -0.1) is 0 Å². The Bertz CT molecular complexity index is 1110. The Balaban J connectivity index is 1.79. The highest BCUT2D eigenvalue weighted by Gasteiger charge is 2.31. The summed E-state index contributed by atoms with van der Waals surface area (Å²) < 4.78 is 65.0. The molecule has 0 saturated carbocycles. The van der Waals surface area contributed by atoms with E-state index in [-0.39, 0.29) is 23.1 Å². The van der Waals surface area contributed by atoms with Gasteiger partial charge in [-0.2, -0.15) is 13.2 Å². The molecule has 0 aliphatic heterocycles. The first-order valence-corrected chi connectivity index (χ1v) is 9.68. The maximum absolute atomic E-state index is 14.0. The molecule has 1 unspecified atom stereocenters. The first-order chi connectivity index (χ1) is 15.0. The van der Waals surface area contributed by atoms with E-state index in [4.69, 9.17) is 0 Å². The number of halogens is 5. The maximum Gasteiger partial charge on any atom is 0.397 e. The molecule has 0 bridgehead atoms. The number of hydrogen-bond acceptors (Lipinski definition) is 3. The van der Waals surface area contributed by atoms with Crippen molar-refractivity contribution in [1.29, 1.82) is 0 Å². The second-order valence-corrected chi connectivity index (χ2v) is 7.28. The molecule has 2 aromatic carbocycles. The van der Waals surface area contributed by atoms with Gasteiger partial charge in [0.25, 0.3) is 0 Å². The lowest BCUT2D eigenvalue weighted by Crippen LogP contribution is -2.22. The molecule has 0 aliphatic carbocycles. The van der Waals surface area contributed by atoms with Crippen LogP contribution < -0.4 is 10.6 Å². The minimum absolute atomic E-state index is 0.132. The zero-order valence-corrected chi connectivity index (χ0v) is 17.2. The van der Waals surface area contributed by atoms with E-state index in [1.807, 2.05) is 0 Å². The van der Waals surface area contributed by atoms with Gasteiger partial charge in [0.1, 0.15) is 6.42 Å². The fourth-order valence-corrected chi connectivity index (χ4v) is 3.16. The van der Waals surface area contributed by atoms with Gasteiger partial charge in [0.15, 0.2) is 17.5 Å². The van der Waals surface area contributed by atoms with Crippen molar-refractivity contribution in [1.82, 2.24) is 4.98 Å². The van der Waals surface area contributed by atoms with Crippen molar-refractivity contribution in [2.24, 2.45) is 0 Å². The number of aromatic nitrogens is 1. The van der Waals surface area contributed by atoms with Crippen molar-refractivity contribution >= 4 is 17.4 Å². The molecule has 1 amide bonds. The average molecular weight is 449 g/mol. The lowest BCUT2D eigenvalue weighted by atomic mass is 10.0. The summed E-state index contributed by atoms with van der Waals surface area (Å²) in [5.41, 5.74) is 2.09. The molecule has 1 heterocycles. The maximum atomic E-state index is 14.0. The summed E-state index contributed by atoms with van der Waals surface area (Å²) in [6, 6.07) is 11.9. The number of carbonyl (C=O) groups excluding carboxylic acids is 1. The fraction of sp³-hybridized carbons (Fsp3) is 0.217. The number of alkyl halides is 3. The van der Waals surface area contributed by atoms with Crippen molar-refractivity contribution in [3.8, 4) is 11.1 Å². The smallest absolute Gasteiger partial charge is 0.362 e. The normalized spacial score (nSPS) is 12.3. The molecule has 0 spiro atoms. The Labute approximate surface area is 181 Å². The van der Waals surface area contributed by atoms with Gasteiger partial charge in [-0.1, -0.05) is 36.4 Å². The van der Waals surface area contributed by atoms with Crippen molar-refractivity contribution in [3.63, 3.8) is 0 Å². The van der Waals surface area contributed by atoms with Crippen LogP contribution in [0.15, 0.2) is 54.7 Å². The van der Waals surface area contributed by atoms with E-state index in [1.54, 1.807) is 44.2 Å². The van der Waals surface area contributed by atoms with Gasteiger partial charge >= 0.3 is 6.18 Å². The molecule has 0 aliphatic rings. The van der Waals surface area contributed by atoms with Crippen LogP contribution in [0, 0.1) is 18.6 Å². The van der Waals surface area contributed by atoms with Gasteiger partial charge in [0.2, 0.25) is 5.91 Å². The first kappa shape index (κ1) is 23.2. The van der Waals surface area contributed by atoms with E-state index in [0.29, 0.717) is 11.1 Å². The highest BCUT2D eigenvalue weighted by atomic mass is 19.4. The average Bonchev–Trinajstić information content (AvgIpc) is 2.71. The van der Waals surface area contributed by atoms with Crippen LogP contribution in [0.4, 0.5) is 33.5 Å². The number of amides is 1. The van der Waals surface area contributed by atoms with Crippen LogP contribution in [0.25, 0.3) is 11.1 Å². The van der Waals surface area contributed by atoms with Gasteiger partial charge in [-0.3, -0.25) is 4.79 Å². The first-order valence-electron chi connectivity index (χ1n) is 9.68. The monoisotopic (exact) mass is 449 g/mol. The quantitative estimate of drug-likeness (QED) is 0.428. The van der Waals surface area contributed by atoms with Gasteiger partial charge in [-0.25, -0.2) is 13.8 Å². The van der Waals surface area contributed by atoms with Crippen molar-refractivity contribution in [2.75, 3.05) is 10.6 Å². The van der Waals surface area contributed by atoms with E-state index < -0.39 is 30.1 Å². The molecule has 0 saturated heterocycles. The molecule has 3 aromatic rings. The third kappa shape index (κ3) is 5.60. The number of benzene rings is 2. The third-order valence-corrected chi connectivity index (χ3v) is 4.81. The minimum Gasteiger partial charge on any atom is -0.362 e. The van der Waals surface area contributed by atoms with Crippen LogP contribution >= 0.6 is 0 Å². The second kappa shape index (κ2) is 9.33. The highest BCUT2D eigenvalue weighted by Crippen LogP contribution is 2.30. The number of carbonyl (C=O) groups is 1. The second-order valence-electron chi connectivity index (χ2n) is 7.28. The van der Waals surface area contributed by atoms with E-state index >= 15 is 0 Å². The predicted octanol–water partition coefficient (Wildman–Crippen LogP) is 6.40. The molecule has 9 heteroatoms. The Morgan fingerprint density at radius 3 is 2.41 bits per heavy atom. The number of anilines is 2. The molecule has 3 rings (SSSR count). The molecule has 1 atom stereocenters. The van der Waals surface area contributed by atoms with Crippen molar-refractivity contribution in [2.45, 2.75) is 32.5 Å². The van der Waals surface area contributed by atoms with Gasteiger partial charge < -0.3 is 10.6 Å². The molecular weight excluding hydrogens is 429 g/mol. The van der Waals surface area contributed by atoms with Gasteiger partial charge in [0.05, 0.1) is 11.7 Å². The van der Waals surface area contributed by atoms with Crippen molar-refractivity contribution < 1.29 is 26.7 Å². The number of aryl methyl sites for hydroxylation is 1. The van der Waals surface area contributed by atoms with Gasteiger partial charge in [-0.05, 0) is 42.7 Å². The summed E-state index contributed by atoms with van der Waals surface area (Å²) in [5, 5.41) is 5.35. The highest BCUT2D eigenvalue weighted by molar-refractivity contribution is 5.94. The van der Waals surface area contributed by atoms with Crippen LogP contribution in [-0.2, 0) is 4.79 Å². The predicted molar refractivity (Wildman–Crippen MR) is 112 cm³/mol. The summed E-state index contributed by atoms with van der Waals surface area (Å²) in [4.78, 5) is 15.9. The molecule has 2 N–H and O–H groups in total. The summed E-state index contributed by atoms with van der Waals surface area (Å²) in [5.74, 6) is -2.85. The summed E-state index contributed by atoms with van der Waals surface area (Å²) in [6.45, 7) is 3.44. The van der Waals surface area contributed by atoms with Crippen LogP contribution in [0.5, 0.6) is 0 Å². The molecule has 1 aromatic heterocycles. The molecular formula is C23H20F5N3O. The third-order valence-electron chi connectivity index (χ3n) is 4.81. The van der Waals surface area contributed by atoms with E-state index in [0.717, 1.165) is 11.6 Å². The van der Waals surface area contributed by atoms with Crippen molar-refractivity contribution in [3.05, 3.63) is 77.5 Å². The van der Waals surface area contributed by atoms with Crippen LogP contribution in [0.3, 0.4) is 0 Å². The van der Waals surface area contributed by atoms with Crippen LogP contribution in [0.2, 0.25) is 0 Å². The number of pyridine rings is 1. The Morgan fingerprint density at radius 2 is 1.75 bits per heavy atom. The number of nitrogens with zero attached hydrogens (tertiary/aromatic N) is 1. The lowest BCUT2D eigenvalue weighted by molar-refractivity contribution is -0.150. The summed E-state index contributed by atoms with van der Waals surface area (Å²) >= 11 is 0. The molecule has 168 valence electrons. The standard InChI is InChI=1S/C23H20F5N3O/c1-13-10-11-29-22(21(13)31-19(32)12-23(26,27)28)30-14(2)15-6-8-16(9-7-15)17-4-3-5-18(24)20(17)25/h3-11,14H,12H2,1-2H3,(H,29,30)(H,31,32). The molecule has 32 heavy (non-hydrogen) atoms. The SMILES string of the molecule is Cc1ccnc(NC(C)c2ccc(-c3cccc(F)c3F)cc2)c1NC(=O)CC(F)(F)F. The zero-order valence-electron chi connectivity index (χ0n) is 17.2.